The standard InChI is InChI=1S/C21H34ClN5O2/c1-3-23-21(25-13-8-6-5-7-11-19(28)29-4-2)26-17-12-15-27(16-17)20-18(22)10-9-14-24-20/h9-10,14,17H,3-8,11-13,15-16H2,1-2H3,(H2,23,25,26). The molecular formula is C21H34ClN5O2. The van der Waals surface area contributed by atoms with E-state index in [1.807, 2.05) is 19.1 Å². The lowest BCUT2D eigenvalue weighted by molar-refractivity contribution is -0.143. The highest BCUT2D eigenvalue weighted by atomic mass is 35.5. The van der Waals surface area contributed by atoms with Crippen LogP contribution in [0.3, 0.4) is 0 Å². The number of aromatic nitrogens is 1. The topological polar surface area (TPSA) is 78.8 Å². The van der Waals surface area contributed by atoms with Crippen LogP contribution in [0.4, 0.5) is 5.82 Å². The molecule has 1 saturated heterocycles. The van der Waals surface area contributed by atoms with Crippen molar-refractivity contribution < 1.29 is 9.53 Å². The van der Waals surface area contributed by atoms with Crippen LogP contribution in [0.5, 0.6) is 0 Å². The molecular weight excluding hydrogens is 390 g/mol. The summed E-state index contributed by atoms with van der Waals surface area (Å²) in [7, 11) is 0. The smallest absolute Gasteiger partial charge is 0.305 e. The molecule has 1 aliphatic heterocycles. The van der Waals surface area contributed by atoms with Gasteiger partial charge >= 0.3 is 5.97 Å². The van der Waals surface area contributed by atoms with Crippen LogP contribution in [0.15, 0.2) is 23.3 Å². The third-order valence-electron chi connectivity index (χ3n) is 4.78. The molecule has 0 aromatic carbocycles. The van der Waals surface area contributed by atoms with Crippen LogP contribution in [0.1, 0.15) is 52.4 Å². The summed E-state index contributed by atoms with van der Waals surface area (Å²) >= 11 is 6.27. The van der Waals surface area contributed by atoms with Gasteiger partial charge < -0.3 is 20.3 Å². The molecule has 2 rings (SSSR count). The molecule has 7 nitrogen and oxygen atoms in total. The molecule has 2 N–H and O–H groups in total. The highest BCUT2D eigenvalue weighted by Crippen LogP contribution is 2.25. The van der Waals surface area contributed by atoms with Gasteiger partial charge in [-0.05, 0) is 45.2 Å². The lowest BCUT2D eigenvalue weighted by atomic mass is 10.1. The molecule has 0 amide bonds. The predicted molar refractivity (Wildman–Crippen MR) is 119 cm³/mol. The Balaban J connectivity index is 1.70. The van der Waals surface area contributed by atoms with Gasteiger partial charge in [-0.15, -0.1) is 0 Å². The maximum Gasteiger partial charge on any atom is 0.305 e. The lowest BCUT2D eigenvalue weighted by Gasteiger charge is -2.20. The fourth-order valence-electron chi connectivity index (χ4n) is 3.35. The Hall–Kier alpha value is -2.02. The van der Waals surface area contributed by atoms with Gasteiger partial charge in [0, 0.05) is 44.8 Å². The highest BCUT2D eigenvalue weighted by Gasteiger charge is 2.25. The molecule has 1 aliphatic rings. The zero-order valence-electron chi connectivity index (χ0n) is 17.6. The Kier molecular flexibility index (Phi) is 10.6. The van der Waals surface area contributed by atoms with Crippen molar-refractivity contribution in [3.05, 3.63) is 23.4 Å². The van der Waals surface area contributed by atoms with Gasteiger partial charge in [-0.3, -0.25) is 9.79 Å². The van der Waals surface area contributed by atoms with Crippen LogP contribution >= 0.6 is 11.6 Å². The first-order valence-electron chi connectivity index (χ1n) is 10.7. The molecule has 1 atom stereocenters. The Labute approximate surface area is 179 Å². The number of anilines is 1. The number of guanidine groups is 1. The van der Waals surface area contributed by atoms with Crippen LogP contribution in [0.25, 0.3) is 0 Å². The second-order valence-electron chi connectivity index (χ2n) is 7.11. The number of carbonyl (C=O) groups excluding carboxylic acids is 1. The first-order valence-corrected chi connectivity index (χ1v) is 11.1. The molecule has 0 bridgehead atoms. The molecule has 1 unspecified atom stereocenters. The van der Waals surface area contributed by atoms with E-state index in [4.69, 9.17) is 21.3 Å². The molecule has 1 aromatic rings. The van der Waals surface area contributed by atoms with Crippen LogP contribution in [-0.2, 0) is 9.53 Å². The van der Waals surface area contributed by atoms with Gasteiger partial charge in [0.1, 0.15) is 5.82 Å². The van der Waals surface area contributed by atoms with Gasteiger partial charge in [0.2, 0.25) is 0 Å². The van der Waals surface area contributed by atoms with E-state index in [1.54, 1.807) is 6.20 Å². The zero-order chi connectivity index (χ0) is 20.9. The molecule has 1 fully saturated rings. The van der Waals surface area contributed by atoms with Gasteiger partial charge in [0.25, 0.3) is 0 Å². The van der Waals surface area contributed by atoms with E-state index in [9.17, 15) is 4.79 Å². The van der Waals surface area contributed by atoms with Crippen molar-refractivity contribution in [3.8, 4) is 0 Å². The van der Waals surface area contributed by atoms with Crippen molar-refractivity contribution in [3.63, 3.8) is 0 Å². The number of unbranched alkanes of at least 4 members (excludes halogenated alkanes) is 3. The summed E-state index contributed by atoms with van der Waals surface area (Å²) in [6, 6.07) is 4.04. The van der Waals surface area contributed by atoms with E-state index in [0.717, 1.165) is 70.1 Å². The average molecular weight is 424 g/mol. The fourth-order valence-corrected chi connectivity index (χ4v) is 3.59. The summed E-state index contributed by atoms with van der Waals surface area (Å²) in [4.78, 5) is 22.6. The number of nitrogens with one attached hydrogen (secondary N) is 2. The maximum atomic E-state index is 11.3. The van der Waals surface area contributed by atoms with E-state index >= 15 is 0 Å². The highest BCUT2D eigenvalue weighted by molar-refractivity contribution is 6.32. The normalized spacial score (nSPS) is 16.7. The first-order chi connectivity index (χ1) is 14.1. The van der Waals surface area contributed by atoms with Crippen molar-refractivity contribution in [1.82, 2.24) is 15.6 Å². The predicted octanol–water partition coefficient (Wildman–Crippen LogP) is 3.38. The number of hydrogen-bond donors (Lipinski definition) is 2. The monoisotopic (exact) mass is 423 g/mol. The number of aliphatic imine (C=N–C) groups is 1. The molecule has 2 heterocycles. The minimum Gasteiger partial charge on any atom is -0.466 e. The maximum absolute atomic E-state index is 11.3. The van der Waals surface area contributed by atoms with E-state index in [-0.39, 0.29) is 5.97 Å². The number of pyridine rings is 1. The van der Waals surface area contributed by atoms with Crippen molar-refractivity contribution in [2.24, 2.45) is 4.99 Å². The van der Waals surface area contributed by atoms with Crippen LogP contribution in [0.2, 0.25) is 5.02 Å². The molecule has 0 aliphatic carbocycles. The summed E-state index contributed by atoms with van der Waals surface area (Å²) in [5.74, 6) is 1.61. The van der Waals surface area contributed by atoms with Gasteiger partial charge in [-0.2, -0.15) is 0 Å². The quantitative estimate of drug-likeness (QED) is 0.246. The van der Waals surface area contributed by atoms with Gasteiger partial charge in [0.15, 0.2) is 5.96 Å². The van der Waals surface area contributed by atoms with Crippen LogP contribution < -0.4 is 15.5 Å². The second kappa shape index (κ2) is 13.2. The number of halogens is 1. The van der Waals surface area contributed by atoms with Gasteiger partial charge in [-0.25, -0.2) is 4.98 Å². The van der Waals surface area contributed by atoms with Crippen molar-refractivity contribution >= 4 is 29.3 Å². The molecule has 0 spiro atoms. The molecule has 162 valence electrons. The first kappa shape index (κ1) is 23.3. The Morgan fingerprint density at radius 2 is 2.17 bits per heavy atom. The summed E-state index contributed by atoms with van der Waals surface area (Å²) < 4.78 is 4.94. The minimum absolute atomic E-state index is 0.0956. The summed E-state index contributed by atoms with van der Waals surface area (Å²) in [6.45, 7) is 7.75. The number of nitrogens with zero attached hydrogens (tertiary/aromatic N) is 3. The SMILES string of the molecule is CCNC(=NCCCCCCC(=O)OCC)NC1CCN(c2ncccc2Cl)C1. The number of carbonyl (C=O) groups is 1. The Morgan fingerprint density at radius 3 is 2.93 bits per heavy atom. The van der Waals surface area contributed by atoms with Crippen LogP contribution in [-0.4, -0.2) is 55.7 Å². The second-order valence-corrected chi connectivity index (χ2v) is 7.52. The largest absolute Gasteiger partial charge is 0.466 e. The van der Waals surface area contributed by atoms with E-state index in [2.05, 4.69) is 27.4 Å². The zero-order valence-corrected chi connectivity index (χ0v) is 18.4. The number of hydrogen-bond acceptors (Lipinski definition) is 5. The van der Waals surface area contributed by atoms with Crippen molar-refractivity contribution in [2.75, 3.05) is 37.7 Å². The van der Waals surface area contributed by atoms with E-state index < -0.39 is 0 Å². The minimum atomic E-state index is -0.0956. The van der Waals surface area contributed by atoms with Gasteiger partial charge in [-0.1, -0.05) is 24.4 Å². The van der Waals surface area contributed by atoms with E-state index in [1.165, 1.54) is 0 Å². The Bertz CT molecular complexity index is 656. The van der Waals surface area contributed by atoms with E-state index in [0.29, 0.717) is 24.1 Å². The molecule has 0 saturated carbocycles. The van der Waals surface area contributed by atoms with Crippen LogP contribution in [0, 0.1) is 0 Å². The number of ether oxygens (including phenoxy) is 1. The molecule has 8 heteroatoms. The average Bonchev–Trinajstić information content (AvgIpc) is 3.16. The van der Waals surface area contributed by atoms with Gasteiger partial charge in [0.05, 0.1) is 11.6 Å². The summed E-state index contributed by atoms with van der Waals surface area (Å²) in [5, 5.41) is 7.55. The summed E-state index contributed by atoms with van der Waals surface area (Å²) in [5.41, 5.74) is 0. The van der Waals surface area contributed by atoms with Crippen molar-refractivity contribution in [2.45, 2.75) is 58.4 Å². The lowest BCUT2D eigenvalue weighted by Crippen LogP contribution is -2.44. The number of rotatable bonds is 11. The Morgan fingerprint density at radius 1 is 1.34 bits per heavy atom. The molecule has 1 aromatic heterocycles. The fraction of sp³-hybridized carbons (Fsp3) is 0.667. The number of esters is 1. The third-order valence-corrected chi connectivity index (χ3v) is 5.07. The summed E-state index contributed by atoms with van der Waals surface area (Å²) in [6.07, 6.45) is 7.30. The molecule has 29 heavy (non-hydrogen) atoms. The van der Waals surface area contributed by atoms with Crippen molar-refractivity contribution in [1.29, 1.82) is 0 Å². The third kappa shape index (κ3) is 8.48. The molecule has 0 radical (unpaired) electrons.